The first kappa shape index (κ1) is 116. The van der Waals surface area contributed by atoms with Crippen molar-refractivity contribution in [3.8, 4) is 45.0 Å². The molecule has 13 rings (SSSR count). The van der Waals surface area contributed by atoms with Gasteiger partial charge in [-0.05, 0) is 288 Å². The summed E-state index contributed by atoms with van der Waals surface area (Å²) in [5, 5.41) is 54.6. The number of aromatic nitrogens is 5. The predicted molar refractivity (Wildman–Crippen MR) is 569 cm³/mol. The molecule has 16 nitrogen and oxygen atoms in total. The summed E-state index contributed by atoms with van der Waals surface area (Å²) in [4.78, 5) is 42.3. The van der Waals surface area contributed by atoms with E-state index in [-0.39, 0.29) is 41.5 Å². The maximum Gasteiger partial charge on any atom is 1.00 e. The van der Waals surface area contributed by atoms with E-state index in [0.717, 1.165) is 86.6 Å². The van der Waals surface area contributed by atoms with Gasteiger partial charge in [-0.2, -0.15) is 7.11 Å². The summed E-state index contributed by atoms with van der Waals surface area (Å²) < 4.78 is 18.5. The van der Waals surface area contributed by atoms with Crippen LogP contribution in [0.1, 0.15) is 254 Å². The van der Waals surface area contributed by atoms with E-state index in [1.807, 2.05) is 65.4 Å². The molecule has 0 atom stereocenters. The number of aromatic amines is 1. The number of alkyl halides is 1. The smallest absolute Gasteiger partial charge is 0.857 e. The Morgan fingerprint density at radius 1 is 0.373 bits per heavy atom. The second kappa shape index (κ2) is 69.7. The summed E-state index contributed by atoms with van der Waals surface area (Å²) in [6.45, 7) is 16.5. The van der Waals surface area contributed by atoms with Crippen LogP contribution in [-0.4, -0.2) is 114 Å². The number of halogens is 2. The van der Waals surface area contributed by atoms with Crippen molar-refractivity contribution in [2.45, 2.75) is 260 Å². The number of carboxylic acids is 1. The molecular formula is C109H145B3Br2N5NaO11S3. The standard InChI is InChI=1S/C25H31NO2S.C24H29NO2S.C17H24BNO.C16H21N.C12H17Br.C9H11BrO2S.C5H9B2NO3.CH3O.Na/c1-3-4-5-6-9-20-12-14-21(15-13-20)23-11-8-19-26(23)18-7-10-22-16-17-24(29-22)25(27)28-2;1-2-3-4-5-8-19-11-13-20(14-12-19)22-10-7-18-25(22)17-6-9-21-15-16-23(28-21)24(26)27;1-3-4-5-6-8-15-10-12-16(13-11-15)17-9-7-14-19(17)18(2)20;1-2-3-4-5-7-14-9-11-15(12-10-14)16-8-6-13-17-16;1-2-3-4-5-6-11-7-9-12(13)10-8-11;1-12-9(11)8-5-4-7(13-8)3-2-6-10;1-6(9)8-4-2-3-5(8)7(10)11;1-2;/h8,11-17,19H,3-7,9-10,18H2,1-2H3;7,10-16,18H,2-6,8-9,17H2,1H3,(H,26,27);7,9-14,20H,3-6,8H2,1-2H3;6,8-13,17H,2-5,7H2,1H3;7-10H,2-6H2,1H3;4-5H,2-3,6H2,1H3;2-4,9-11H,1H3;1H3;/q;;;;;;;-1;+1. The normalized spacial score (nSPS) is 10.5. The van der Waals surface area contributed by atoms with Crippen LogP contribution in [0.4, 0.5) is 0 Å². The number of benzene rings is 5. The molecule has 0 fully saturated rings. The van der Waals surface area contributed by atoms with Crippen molar-refractivity contribution in [2.75, 3.05) is 26.7 Å². The summed E-state index contributed by atoms with van der Waals surface area (Å²) in [7, 11) is 0.823. The van der Waals surface area contributed by atoms with Gasteiger partial charge >= 0.3 is 68.7 Å². The Balaban J connectivity index is 0.000000282. The minimum atomic E-state index is -1.53. The molecule has 0 saturated heterocycles. The Bertz CT molecular complexity index is 5180. The van der Waals surface area contributed by atoms with Crippen molar-refractivity contribution in [2.24, 2.45) is 0 Å². The zero-order valence-electron chi connectivity index (χ0n) is 81.4. The maximum atomic E-state index is 11.6. The SMILES string of the molecule is CB(O)n1cccc1B(O)O.CCCCCCc1ccc(-c2ccc[nH]2)cc1.CCCCCCc1ccc(-c2cccn2B(C)O)cc1.CCCCCCc1ccc(-c2cccn2CCCc2ccc(C(=O)O)s2)cc1.CCCCCCc1ccc(-c2cccn2CCCc2ccc(C(=O)OC)s2)cc1.CCCCCCc1ccc(Br)cc1.COC(=O)c1ccc(CCCBr)s1.C[O-].[Na+]. The number of aryl methyl sites for hydroxylation is 10. The Morgan fingerprint density at radius 3 is 1.03 bits per heavy atom. The van der Waals surface area contributed by atoms with E-state index in [4.69, 9.17) is 30.0 Å². The first-order valence-corrected chi connectivity index (χ1v) is 52.3. The molecule has 8 heterocycles. The number of rotatable bonds is 46. The fraction of sp³-hybridized carbons (Fsp3) is 0.404. The monoisotopic (exact) mass is 2010 g/mol. The number of hydrogen-bond acceptors (Lipinski definition) is 13. The fourth-order valence-corrected chi connectivity index (χ4v) is 18.5. The number of unbranched alkanes of at least 4 members (excludes halogenated alkanes) is 15. The molecular weight excluding hydrogens is 1870 g/mol. The van der Waals surface area contributed by atoms with Gasteiger partial charge in [-0.15, -0.1) is 34.0 Å². The van der Waals surface area contributed by atoms with Gasteiger partial charge in [0.25, 0.3) is 0 Å². The molecule has 8 aromatic heterocycles. The molecule has 5 aromatic carbocycles. The average molecular weight is 2010 g/mol. The summed E-state index contributed by atoms with van der Waals surface area (Å²) in [5.41, 5.74) is 17.2. The number of carbonyl (C=O) groups is 3. The second-order valence-electron chi connectivity index (χ2n) is 33.1. The number of methoxy groups -OCH3 is 2. The molecule has 25 heteroatoms. The second-order valence-corrected chi connectivity index (χ2v) is 38.3. The van der Waals surface area contributed by atoms with Gasteiger partial charge in [0, 0.05) is 84.5 Å². The zero-order chi connectivity index (χ0) is 96.2. The van der Waals surface area contributed by atoms with Crippen molar-refractivity contribution >= 4 is 111 Å². The van der Waals surface area contributed by atoms with Crippen LogP contribution in [0.5, 0.6) is 0 Å². The van der Waals surface area contributed by atoms with Gasteiger partial charge < -0.3 is 62.9 Å². The molecule has 0 aliphatic heterocycles. The van der Waals surface area contributed by atoms with Gasteiger partial charge in [-0.3, -0.25) is 0 Å². The van der Waals surface area contributed by atoms with Crippen LogP contribution >= 0.6 is 65.9 Å². The first-order chi connectivity index (χ1) is 64.7. The van der Waals surface area contributed by atoms with Gasteiger partial charge in [0.1, 0.15) is 14.6 Å². The predicted octanol–water partition coefficient (Wildman–Crippen LogP) is 24.0. The van der Waals surface area contributed by atoms with Crippen LogP contribution in [0.15, 0.2) is 254 Å². The van der Waals surface area contributed by atoms with Crippen LogP contribution in [0.2, 0.25) is 13.6 Å². The minimum Gasteiger partial charge on any atom is -0.857 e. The number of hydrogen-bond donors (Lipinski definition) is 6. The van der Waals surface area contributed by atoms with Gasteiger partial charge in [0.05, 0.1) is 14.2 Å². The van der Waals surface area contributed by atoms with Crippen LogP contribution < -0.4 is 40.3 Å². The minimum absolute atomic E-state index is 0. The topological polar surface area (TPSA) is 229 Å². The fourth-order valence-electron chi connectivity index (χ4n) is 15.2. The molecule has 0 saturated carbocycles. The van der Waals surface area contributed by atoms with Crippen molar-refractivity contribution in [1.82, 2.24) is 23.1 Å². The number of H-pyrrole nitrogens is 1. The number of nitrogens with zero attached hydrogens (tertiary/aromatic N) is 4. The van der Waals surface area contributed by atoms with Gasteiger partial charge in [-0.25, -0.2) is 14.4 Å². The van der Waals surface area contributed by atoms with Gasteiger partial charge in [0.2, 0.25) is 0 Å². The molecule has 134 heavy (non-hydrogen) atoms. The molecule has 13 aromatic rings. The van der Waals surface area contributed by atoms with Crippen molar-refractivity contribution in [3.05, 3.63) is 311 Å². The van der Waals surface area contributed by atoms with E-state index in [2.05, 4.69) is 249 Å². The summed E-state index contributed by atoms with van der Waals surface area (Å²) >= 11 is 11.2. The first-order valence-electron chi connectivity index (χ1n) is 48.0. The molecule has 0 radical (unpaired) electrons. The van der Waals surface area contributed by atoms with E-state index in [0.29, 0.717) is 20.2 Å². The average Bonchev–Trinajstić information content (AvgIpc) is 1.69. The third-order valence-electron chi connectivity index (χ3n) is 22.6. The van der Waals surface area contributed by atoms with E-state index in [1.54, 1.807) is 32.0 Å². The van der Waals surface area contributed by atoms with Crippen molar-refractivity contribution in [1.29, 1.82) is 0 Å². The molecule has 6 N–H and O–H groups in total. The van der Waals surface area contributed by atoms with E-state index >= 15 is 0 Å². The maximum absolute atomic E-state index is 11.6. The number of thiophene rings is 3. The Hall–Kier alpha value is -8.04. The molecule has 0 bridgehead atoms. The van der Waals surface area contributed by atoms with Gasteiger partial charge in [-0.1, -0.05) is 272 Å². The van der Waals surface area contributed by atoms with E-state index < -0.39 is 27.2 Å². The number of carboxylic acid groups (broad SMARTS) is 1. The van der Waals surface area contributed by atoms with Crippen LogP contribution in [-0.2, 0) is 73.9 Å². The molecule has 714 valence electrons. The quantitative estimate of drug-likeness (QED) is 0.00910. The van der Waals surface area contributed by atoms with Crippen LogP contribution in [0, 0.1) is 0 Å². The number of carbonyl (C=O) groups excluding carboxylic acids is 2. The number of ether oxygens (including phenoxy) is 2. The summed E-state index contributed by atoms with van der Waals surface area (Å²) in [6.07, 6.45) is 48.1. The molecule has 0 unspecified atom stereocenters. The zero-order valence-corrected chi connectivity index (χ0v) is 89.0. The third-order valence-corrected chi connectivity index (χ3v) is 27.1. The molecule has 0 spiro atoms. The Labute approximate surface area is 852 Å². The van der Waals surface area contributed by atoms with Crippen LogP contribution in [0.25, 0.3) is 45.0 Å². The molecule has 0 aliphatic carbocycles. The largest absolute Gasteiger partial charge is 1.00 e. The summed E-state index contributed by atoms with van der Waals surface area (Å²) in [6, 6.07) is 75.6. The van der Waals surface area contributed by atoms with Crippen molar-refractivity contribution in [3.63, 3.8) is 0 Å². The third kappa shape index (κ3) is 44.2. The molecule has 0 aliphatic rings. The van der Waals surface area contributed by atoms with Crippen LogP contribution in [0.3, 0.4) is 0 Å². The number of nitrogens with one attached hydrogen (secondary N) is 1. The Morgan fingerprint density at radius 2 is 0.701 bits per heavy atom. The van der Waals surface area contributed by atoms with E-state index in [9.17, 15) is 19.4 Å². The Kier molecular flexibility index (Phi) is 60.6. The summed E-state index contributed by atoms with van der Waals surface area (Å²) in [5.74, 6) is -1.32. The van der Waals surface area contributed by atoms with Crippen molar-refractivity contribution < 1.29 is 83.7 Å². The molecule has 0 amide bonds. The number of esters is 2. The van der Waals surface area contributed by atoms with E-state index in [1.165, 1.54) is 289 Å². The number of aromatic carboxylic acids is 1. The van der Waals surface area contributed by atoms with Gasteiger partial charge in [0.15, 0.2) is 0 Å².